The van der Waals surface area contributed by atoms with Crippen LogP contribution in [0.4, 0.5) is 0 Å². The van der Waals surface area contributed by atoms with Crippen LogP contribution in [0.15, 0.2) is 16.0 Å². The average molecular weight is 228 g/mol. The van der Waals surface area contributed by atoms with Crippen molar-refractivity contribution in [2.45, 2.75) is 25.4 Å². The number of nitrogens with one attached hydrogen (secondary N) is 1. The van der Waals surface area contributed by atoms with Crippen LogP contribution >= 0.6 is 11.8 Å². The van der Waals surface area contributed by atoms with Gasteiger partial charge in [-0.15, -0.1) is 0 Å². The molecule has 1 aromatic rings. The molecule has 0 bridgehead atoms. The molecule has 0 radical (unpaired) electrons. The molecule has 82 valence electrons. The topological polar surface area (TPSA) is 83.0 Å². The minimum atomic E-state index is -0.470. The van der Waals surface area contributed by atoms with Crippen LogP contribution in [-0.2, 0) is 4.79 Å². The summed E-state index contributed by atoms with van der Waals surface area (Å²) in [7, 11) is 0. The van der Waals surface area contributed by atoms with E-state index < -0.39 is 5.56 Å². The lowest BCUT2D eigenvalue weighted by Crippen LogP contribution is -2.10. The van der Waals surface area contributed by atoms with Crippen molar-refractivity contribution >= 4 is 16.9 Å². The summed E-state index contributed by atoms with van der Waals surface area (Å²) in [5, 5.41) is 9.10. The van der Waals surface area contributed by atoms with Gasteiger partial charge in [-0.25, -0.2) is 0 Å². The number of aromatic hydroxyl groups is 1. The third-order valence-corrected chi connectivity index (χ3v) is 2.91. The molecule has 0 aliphatic heterocycles. The minimum absolute atomic E-state index is 0.0775. The highest BCUT2D eigenvalue weighted by atomic mass is 32.2. The Kier molecular flexibility index (Phi) is 3.90. The smallest absolute Gasteiger partial charge is 0.255 e. The lowest BCUT2D eigenvalue weighted by Gasteiger charge is -2.05. The van der Waals surface area contributed by atoms with Crippen molar-refractivity contribution in [3.63, 3.8) is 0 Å². The van der Waals surface area contributed by atoms with E-state index in [1.807, 2.05) is 6.92 Å². The molecule has 0 aliphatic rings. The van der Waals surface area contributed by atoms with Gasteiger partial charge in [0.2, 0.25) is 5.88 Å². The van der Waals surface area contributed by atoms with Crippen LogP contribution in [-0.4, -0.2) is 20.2 Å². The van der Waals surface area contributed by atoms with Gasteiger partial charge in [-0.1, -0.05) is 13.8 Å². The van der Waals surface area contributed by atoms with E-state index in [4.69, 9.17) is 5.11 Å². The Morgan fingerprint density at radius 2 is 2.40 bits per heavy atom. The van der Waals surface area contributed by atoms with E-state index in [0.29, 0.717) is 0 Å². The Bertz CT molecular complexity index is 416. The molecule has 1 atom stereocenters. The molecule has 6 heteroatoms. The molecule has 1 rings (SSSR count). The molecule has 0 amide bonds. The molecule has 0 aliphatic carbocycles. The van der Waals surface area contributed by atoms with Crippen molar-refractivity contribution in [1.82, 2.24) is 9.97 Å². The van der Waals surface area contributed by atoms with E-state index in [2.05, 4.69) is 9.97 Å². The van der Waals surface area contributed by atoms with Gasteiger partial charge in [0.15, 0.2) is 10.3 Å². The number of hydrogen-bond donors (Lipinski definition) is 2. The Hall–Kier alpha value is -1.30. The van der Waals surface area contributed by atoms with Gasteiger partial charge in [-0.05, 0) is 18.2 Å². The Morgan fingerprint density at radius 1 is 1.73 bits per heavy atom. The monoisotopic (exact) mass is 228 g/mol. The molecule has 0 saturated carbocycles. The summed E-state index contributed by atoms with van der Waals surface area (Å²) in [5.74, 6) is -0.471. The summed E-state index contributed by atoms with van der Waals surface area (Å²) in [5.41, 5.74) is -0.470. The Morgan fingerprint density at radius 3 is 2.93 bits per heavy atom. The summed E-state index contributed by atoms with van der Waals surface area (Å²) in [6.07, 6.45) is 0.731. The molecule has 1 unspecified atom stereocenters. The molecule has 0 spiro atoms. The number of aromatic nitrogens is 2. The first-order valence-corrected chi connectivity index (χ1v) is 5.36. The van der Waals surface area contributed by atoms with E-state index in [0.717, 1.165) is 24.2 Å². The van der Waals surface area contributed by atoms with E-state index >= 15 is 0 Å². The van der Waals surface area contributed by atoms with Gasteiger partial charge in [-0.2, -0.15) is 4.98 Å². The summed E-state index contributed by atoms with van der Waals surface area (Å²) >= 11 is 0.839. The number of nitrogens with zero attached hydrogens (tertiary/aromatic N) is 1. The highest BCUT2D eigenvalue weighted by Crippen LogP contribution is 2.20. The molecule has 15 heavy (non-hydrogen) atoms. The third kappa shape index (κ3) is 3.39. The minimum Gasteiger partial charge on any atom is -0.493 e. The molecular formula is C9H12N2O3S. The number of hydrogen-bond acceptors (Lipinski definition) is 5. The lowest BCUT2D eigenvalue weighted by molar-refractivity contribution is -0.114. The SMILES string of the molecule is CCC(C)C(=O)Sc1nc(O)cc(=O)[nH]1. The maximum Gasteiger partial charge on any atom is 0.255 e. The second kappa shape index (κ2) is 4.97. The second-order valence-electron chi connectivity index (χ2n) is 3.14. The van der Waals surface area contributed by atoms with E-state index in [9.17, 15) is 9.59 Å². The Labute approximate surface area is 90.9 Å². The Balaban J connectivity index is 2.81. The summed E-state index contributed by atoms with van der Waals surface area (Å²) in [4.78, 5) is 28.4. The predicted octanol–water partition coefficient (Wildman–Crippen LogP) is 1.14. The van der Waals surface area contributed by atoms with Crippen molar-refractivity contribution in [3.8, 4) is 5.88 Å². The zero-order chi connectivity index (χ0) is 11.4. The first-order valence-electron chi connectivity index (χ1n) is 4.55. The van der Waals surface area contributed by atoms with Gasteiger partial charge < -0.3 is 10.1 Å². The van der Waals surface area contributed by atoms with Gasteiger partial charge in [0.1, 0.15) is 0 Å². The highest BCUT2D eigenvalue weighted by molar-refractivity contribution is 8.13. The van der Waals surface area contributed by atoms with Crippen molar-refractivity contribution in [2.75, 3.05) is 0 Å². The van der Waals surface area contributed by atoms with Gasteiger partial charge >= 0.3 is 0 Å². The second-order valence-corrected chi connectivity index (χ2v) is 4.13. The molecule has 1 aromatic heterocycles. The van der Waals surface area contributed by atoms with Gasteiger partial charge in [-0.3, -0.25) is 9.59 Å². The van der Waals surface area contributed by atoms with Crippen LogP contribution in [0, 0.1) is 5.92 Å². The third-order valence-electron chi connectivity index (χ3n) is 1.92. The maximum atomic E-state index is 11.5. The van der Waals surface area contributed by atoms with Crippen LogP contribution in [0.3, 0.4) is 0 Å². The lowest BCUT2D eigenvalue weighted by atomic mass is 10.1. The van der Waals surface area contributed by atoms with E-state index in [-0.39, 0.29) is 22.1 Å². The largest absolute Gasteiger partial charge is 0.493 e. The van der Waals surface area contributed by atoms with Crippen molar-refractivity contribution in [1.29, 1.82) is 0 Å². The van der Waals surface area contributed by atoms with Crippen LogP contribution < -0.4 is 5.56 Å². The van der Waals surface area contributed by atoms with Crippen LogP contribution in [0.1, 0.15) is 20.3 Å². The molecule has 2 N–H and O–H groups in total. The van der Waals surface area contributed by atoms with E-state index in [1.165, 1.54) is 0 Å². The molecular weight excluding hydrogens is 216 g/mol. The van der Waals surface area contributed by atoms with Crippen molar-refractivity contribution in [3.05, 3.63) is 16.4 Å². The molecule has 0 aromatic carbocycles. The fourth-order valence-electron chi connectivity index (χ4n) is 0.834. The number of rotatable bonds is 3. The van der Waals surface area contributed by atoms with Crippen LogP contribution in [0.5, 0.6) is 5.88 Å². The number of carbonyl (C=O) groups is 1. The van der Waals surface area contributed by atoms with E-state index in [1.54, 1.807) is 6.92 Å². The van der Waals surface area contributed by atoms with Gasteiger partial charge in [0.25, 0.3) is 5.56 Å². The zero-order valence-electron chi connectivity index (χ0n) is 8.48. The normalized spacial score (nSPS) is 12.4. The molecule has 0 saturated heterocycles. The first-order chi connectivity index (χ1) is 7.02. The quantitative estimate of drug-likeness (QED) is 0.598. The summed E-state index contributed by atoms with van der Waals surface area (Å²) in [6.45, 7) is 3.71. The van der Waals surface area contributed by atoms with Crippen LogP contribution in [0.25, 0.3) is 0 Å². The average Bonchev–Trinajstić information content (AvgIpc) is 2.14. The number of H-pyrrole nitrogens is 1. The first kappa shape index (κ1) is 11.8. The van der Waals surface area contributed by atoms with Crippen molar-refractivity contribution < 1.29 is 9.90 Å². The standard InChI is InChI=1S/C9H12N2O3S/c1-3-5(2)8(14)15-9-10-6(12)4-7(13)11-9/h4-5H,3H2,1-2H3,(H2,10,11,12,13). The van der Waals surface area contributed by atoms with Gasteiger partial charge in [0.05, 0.1) is 6.07 Å². The number of thioether (sulfide) groups is 1. The molecule has 1 heterocycles. The maximum absolute atomic E-state index is 11.5. The van der Waals surface area contributed by atoms with Gasteiger partial charge in [0, 0.05) is 5.92 Å². The highest BCUT2D eigenvalue weighted by Gasteiger charge is 2.14. The zero-order valence-corrected chi connectivity index (χ0v) is 9.30. The molecule has 5 nitrogen and oxygen atoms in total. The predicted molar refractivity (Wildman–Crippen MR) is 56.8 cm³/mol. The van der Waals surface area contributed by atoms with Crippen LogP contribution in [0.2, 0.25) is 0 Å². The fraction of sp³-hybridized carbons (Fsp3) is 0.444. The summed E-state index contributed by atoms with van der Waals surface area (Å²) in [6, 6.07) is 0.956. The molecule has 0 fully saturated rings. The summed E-state index contributed by atoms with van der Waals surface area (Å²) < 4.78 is 0. The number of carbonyl (C=O) groups excluding carboxylic acids is 1. The van der Waals surface area contributed by atoms with Crippen molar-refractivity contribution in [2.24, 2.45) is 5.92 Å². The fourth-order valence-corrected chi connectivity index (χ4v) is 1.68. The number of aromatic amines is 1.